The summed E-state index contributed by atoms with van der Waals surface area (Å²) in [6.45, 7) is 5.34. The van der Waals surface area contributed by atoms with Gasteiger partial charge in [-0.15, -0.1) is 12.4 Å². The van der Waals surface area contributed by atoms with Crippen molar-refractivity contribution >= 4 is 18.3 Å². The van der Waals surface area contributed by atoms with Crippen LogP contribution in [0.1, 0.15) is 40.7 Å². The second-order valence-corrected chi connectivity index (χ2v) is 7.43. The molecule has 1 heterocycles. The van der Waals surface area contributed by atoms with Gasteiger partial charge in [0.05, 0.1) is 0 Å². The van der Waals surface area contributed by atoms with E-state index in [2.05, 4.69) is 30.4 Å². The molecule has 1 aliphatic rings. The highest BCUT2D eigenvalue weighted by Gasteiger charge is 2.23. The van der Waals surface area contributed by atoms with Crippen LogP contribution in [-0.2, 0) is 6.61 Å². The third kappa shape index (κ3) is 6.25. The summed E-state index contributed by atoms with van der Waals surface area (Å²) in [5.41, 5.74) is 3.07. The first kappa shape index (κ1) is 22.3. The highest BCUT2D eigenvalue weighted by Crippen LogP contribution is 2.23. The van der Waals surface area contributed by atoms with Gasteiger partial charge in [0.2, 0.25) is 0 Å². The number of piperidine rings is 1. The molecule has 2 aromatic carbocycles. The Morgan fingerprint density at radius 2 is 1.89 bits per heavy atom. The van der Waals surface area contributed by atoms with Crippen LogP contribution in [0, 0.1) is 12.8 Å². The van der Waals surface area contributed by atoms with Crippen LogP contribution in [0.5, 0.6) is 5.75 Å². The molecule has 1 amide bonds. The second-order valence-electron chi connectivity index (χ2n) is 7.43. The summed E-state index contributed by atoms with van der Waals surface area (Å²) in [6, 6.07) is 15.8. The number of rotatable bonds is 7. The van der Waals surface area contributed by atoms with Crippen LogP contribution in [0.15, 0.2) is 48.5 Å². The topological polar surface area (TPSA) is 41.6 Å². The first-order valence-corrected chi connectivity index (χ1v) is 9.88. The van der Waals surface area contributed by atoms with E-state index in [-0.39, 0.29) is 18.3 Å². The van der Waals surface area contributed by atoms with Crippen LogP contribution >= 0.6 is 12.4 Å². The molecule has 1 saturated heterocycles. The van der Waals surface area contributed by atoms with Gasteiger partial charge in [-0.2, -0.15) is 0 Å². The number of amides is 1. The molecule has 5 heteroatoms. The molecule has 0 saturated carbocycles. The van der Waals surface area contributed by atoms with Gasteiger partial charge < -0.3 is 15.0 Å². The van der Waals surface area contributed by atoms with Gasteiger partial charge in [-0.3, -0.25) is 4.79 Å². The number of aryl methyl sites for hydroxylation is 1. The molecule has 2 aromatic rings. The van der Waals surface area contributed by atoms with E-state index in [9.17, 15) is 4.79 Å². The van der Waals surface area contributed by atoms with Crippen molar-refractivity contribution in [3.05, 3.63) is 65.2 Å². The Balaban J connectivity index is 0.00000280. The summed E-state index contributed by atoms with van der Waals surface area (Å²) >= 11 is 0. The predicted molar refractivity (Wildman–Crippen MR) is 116 cm³/mol. The number of hydrogen-bond donors (Lipinski definition) is 1. The van der Waals surface area contributed by atoms with Crippen molar-refractivity contribution in [2.75, 3.05) is 26.7 Å². The average molecular weight is 403 g/mol. The smallest absolute Gasteiger partial charge is 0.253 e. The monoisotopic (exact) mass is 402 g/mol. The number of likely N-dealkylation sites (tertiary alicyclic amines) is 1. The molecule has 4 nitrogen and oxygen atoms in total. The van der Waals surface area contributed by atoms with Crippen LogP contribution in [0.3, 0.4) is 0 Å². The molecule has 0 bridgehead atoms. The van der Waals surface area contributed by atoms with E-state index in [1.807, 2.05) is 42.3 Å². The zero-order valence-electron chi connectivity index (χ0n) is 16.8. The molecule has 0 atom stereocenters. The molecule has 0 radical (unpaired) electrons. The molecule has 1 fully saturated rings. The molecule has 0 aromatic heterocycles. The van der Waals surface area contributed by atoms with Crippen LogP contribution in [0.4, 0.5) is 0 Å². The quantitative estimate of drug-likeness (QED) is 0.743. The lowest BCUT2D eigenvalue weighted by Crippen LogP contribution is -2.38. The number of nitrogens with one attached hydrogen (secondary N) is 1. The summed E-state index contributed by atoms with van der Waals surface area (Å²) in [5, 5.41) is 3.21. The lowest BCUT2D eigenvalue weighted by Gasteiger charge is -2.32. The fourth-order valence-electron chi connectivity index (χ4n) is 3.64. The Morgan fingerprint density at radius 1 is 1.14 bits per heavy atom. The molecule has 1 N–H and O–H groups in total. The molecular weight excluding hydrogens is 372 g/mol. The van der Waals surface area contributed by atoms with E-state index in [1.54, 1.807) is 0 Å². The van der Waals surface area contributed by atoms with Crippen molar-refractivity contribution in [3.8, 4) is 5.75 Å². The van der Waals surface area contributed by atoms with Gasteiger partial charge >= 0.3 is 0 Å². The molecular formula is C23H31ClN2O2. The maximum Gasteiger partial charge on any atom is 0.253 e. The Labute approximate surface area is 174 Å². The Hall–Kier alpha value is -2.04. The largest absolute Gasteiger partial charge is 0.489 e. The van der Waals surface area contributed by atoms with Crippen molar-refractivity contribution in [2.45, 2.75) is 32.8 Å². The van der Waals surface area contributed by atoms with E-state index < -0.39 is 0 Å². The molecule has 0 unspecified atom stereocenters. The van der Waals surface area contributed by atoms with Crippen molar-refractivity contribution in [3.63, 3.8) is 0 Å². The minimum atomic E-state index is 0. The fourth-order valence-corrected chi connectivity index (χ4v) is 3.64. The maximum absolute atomic E-state index is 12.8. The highest BCUT2D eigenvalue weighted by molar-refractivity contribution is 5.94. The second kappa shape index (κ2) is 11.1. The van der Waals surface area contributed by atoms with Gasteiger partial charge in [-0.1, -0.05) is 35.9 Å². The first-order valence-electron chi connectivity index (χ1n) is 9.88. The minimum absolute atomic E-state index is 0. The highest BCUT2D eigenvalue weighted by atomic mass is 35.5. The predicted octanol–water partition coefficient (Wildman–Crippen LogP) is 4.46. The van der Waals surface area contributed by atoms with Crippen molar-refractivity contribution in [1.29, 1.82) is 0 Å². The molecule has 0 spiro atoms. The van der Waals surface area contributed by atoms with Crippen molar-refractivity contribution in [2.24, 2.45) is 5.92 Å². The van der Waals surface area contributed by atoms with Crippen LogP contribution in [-0.4, -0.2) is 37.5 Å². The average Bonchev–Trinajstić information content (AvgIpc) is 2.71. The summed E-state index contributed by atoms with van der Waals surface area (Å²) in [6.07, 6.45) is 3.38. The molecule has 3 rings (SSSR count). The normalized spacial score (nSPS) is 14.4. The van der Waals surface area contributed by atoms with E-state index in [0.717, 1.165) is 49.7 Å². The zero-order valence-corrected chi connectivity index (χ0v) is 17.6. The SMILES string of the molecule is CNCCC1CCN(C(=O)c2cccc(OCc3cccc(C)c3)c2)CC1.Cl. The van der Waals surface area contributed by atoms with E-state index >= 15 is 0 Å². The summed E-state index contributed by atoms with van der Waals surface area (Å²) in [4.78, 5) is 14.8. The van der Waals surface area contributed by atoms with E-state index in [4.69, 9.17) is 4.74 Å². The Morgan fingerprint density at radius 3 is 2.61 bits per heavy atom. The van der Waals surface area contributed by atoms with Crippen LogP contribution in [0.25, 0.3) is 0 Å². The number of benzene rings is 2. The Bertz CT molecular complexity index is 758. The molecule has 1 aliphatic heterocycles. The lowest BCUT2D eigenvalue weighted by atomic mass is 9.93. The third-order valence-electron chi connectivity index (χ3n) is 5.27. The van der Waals surface area contributed by atoms with Crippen molar-refractivity contribution < 1.29 is 9.53 Å². The van der Waals surface area contributed by atoms with Crippen molar-refractivity contribution in [1.82, 2.24) is 10.2 Å². The van der Waals surface area contributed by atoms with E-state index in [1.165, 1.54) is 12.0 Å². The van der Waals surface area contributed by atoms with Gasteiger partial charge in [-0.05, 0) is 69.5 Å². The number of carbonyl (C=O) groups is 1. The fraction of sp³-hybridized carbons (Fsp3) is 0.435. The maximum atomic E-state index is 12.8. The number of ether oxygens (including phenoxy) is 1. The summed E-state index contributed by atoms with van der Waals surface area (Å²) in [7, 11) is 1.99. The summed E-state index contributed by atoms with van der Waals surface area (Å²) < 4.78 is 5.91. The molecule has 28 heavy (non-hydrogen) atoms. The van der Waals surface area contributed by atoms with Gasteiger partial charge in [-0.25, -0.2) is 0 Å². The van der Waals surface area contributed by atoms with Gasteiger partial charge in [0.15, 0.2) is 0 Å². The number of halogens is 1. The number of hydrogen-bond acceptors (Lipinski definition) is 3. The van der Waals surface area contributed by atoms with Gasteiger partial charge in [0.1, 0.15) is 12.4 Å². The van der Waals surface area contributed by atoms with Crippen LogP contribution in [0.2, 0.25) is 0 Å². The van der Waals surface area contributed by atoms with Gasteiger partial charge in [0, 0.05) is 18.7 Å². The number of nitrogens with zero attached hydrogens (tertiary/aromatic N) is 1. The van der Waals surface area contributed by atoms with Crippen LogP contribution < -0.4 is 10.1 Å². The molecule has 0 aliphatic carbocycles. The summed E-state index contributed by atoms with van der Waals surface area (Å²) in [5.74, 6) is 1.58. The lowest BCUT2D eigenvalue weighted by molar-refractivity contribution is 0.0686. The van der Waals surface area contributed by atoms with E-state index in [0.29, 0.717) is 12.2 Å². The number of carbonyl (C=O) groups excluding carboxylic acids is 1. The standard InChI is InChI=1S/C23H30N2O2.ClH/c1-18-5-3-6-20(15-18)17-27-22-8-4-7-21(16-22)23(26)25-13-10-19(11-14-25)9-12-24-2;/h3-8,15-16,19,24H,9-14,17H2,1-2H3;1H. The van der Waals surface area contributed by atoms with Gasteiger partial charge in [0.25, 0.3) is 5.91 Å². The minimum Gasteiger partial charge on any atom is -0.489 e. The Kier molecular flexibility index (Phi) is 8.81. The molecule has 152 valence electrons. The first-order chi connectivity index (χ1) is 13.2. The third-order valence-corrected chi connectivity index (χ3v) is 5.27. The zero-order chi connectivity index (χ0) is 19.1.